The van der Waals surface area contributed by atoms with Crippen LogP contribution in [0.15, 0.2) is 47.7 Å². The molecule has 6 heteroatoms. The second-order valence-electron chi connectivity index (χ2n) is 4.01. The van der Waals surface area contributed by atoms with Gasteiger partial charge in [-0.3, -0.25) is 10.4 Å². The number of carboxylic acids is 1. The number of hydrogen-bond donors (Lipinski definition) is 1. The number of pyridine rings is 1. The van der Waals surface area contributed by atoms with Crippen LogP contribution in [0.3, 0.4) is 0 Å². The van der Waals surface area contributed by atoms with Crippen LogP contribution in [0.25, 0.3) is 0 Å². The average Bonchev–Trinajstić information content (AvgIpc) is 2.46. The minimum Gasteiger partial charge on any atom is -0.545 e. The highest BCUT2D eigenvalue weighted by Crippen LogP contribution is 2.20. The maximum absolute atomic E-state index is 10.9. The molecule has 2 aromatic rings. The predicted octanol–water partition coefficient (Wildman–Crippen LogP) is 1.93. The van der Waals surface area contributed by atoms with Gasteiger partial charge in [0.1, 0.15) is 0 Å². The van der Waals surface area contributed by atoms with Crippen molar-refractivity contribution in [2.24, 2.45) is 5.10 Å². The van der Waals surface area contributed by atoms with E-state index in [0.717, 1.165) is 5.69 Å². The van der Waals surface area contributed by atoms with Crippen molar-refractivity contribution in [3.8, 4) is 0 Å². The summed E-state index contributed by atoms with van der Waals surface area (Å²) in [6.45, 7) is 1.80. The highest BCUT2D eigenvalue weighted by atomic mass is 35.5. The van der Waals surface area contributed by atoms with Crippen molar-refractivity contribution >= 4 is 29.0 Å². The molecule has 1 N–H and O–H groups in total. The van der Waals surface area contributed by atoms with Gasteiger partial charge in [0.2, 0.25) is 0 Å². The fraction of sp³-hybridized carbons (Fsp3) is 0.0714. The summed E-state index contributed by atoms with van der Waals surface area (Å²) in [6, 6.07) is 9.97. The van der Waals surface area contributed by atoms with E-state index in [9.17, 15) is 9.90 Å². The minimum atomic E-state index is -1.33. The lowest BCUT2D eigenvalue weighted by Crippen LogP contribution is -2.22. The van der Waals surface area contributed by atoms with Crippen molar-refractivity contribution < 1.29 is 9.90 Å². The zero-order chi connectivity index (χ0) is 14.5. The molecular weight excluding hydrogens is 278 g/mol. The highest BCUT2D eigenvalue weighted by molar-refractivity contribution is 6.33. The summed E-state index contributed by atoms with van der Waals surface area (Å²) in [6.07, 6.45) is 1.67. The van der Waals surface area contributed by atoms with Crippen LogP contribution in [0.2, 0.25) is 5.02 Å². The number of carbonyl (C=O) groups is 1. The van der Waals surface area contributed by atoms with Gasteiger partial charge < -0.3 is 9.90 Å². The Morgan fingerprint density at radius 2 is 2.15 bits per heavy atom. The zero-order valence-corrected chi connectivity index (χ0v) is 11.4. The van der Waals surface area contributed by atoms with E-state index in [1.165, 1.54) is 12.1 Å². The number of benzene rings is 1. The van der Waals surface area contributed by atoms with Crippen LogP contribution in [0.4, 0.5) is 5.69 Å². The quantitative estimate of drug-likeness (QED) is 0.689. The number of aromatic carboxylic acids is 1. The number of anilines is 1. The Morgan fingerprint density at radius 1 is 1.35 bits per heavy atom. The molecule has 0 bridgehead atoms. The van der Waals surface area contributed by atoms with E-state index < -0.39 is 5.97 Å². The first kappa shape index (κ1) is 14.0. The van der Waals surface area contributed by atoms with Crippen molar-refractivity contribution in [1.29, 1.82) is 0 Å². The molecule has 0 aliphatic heterocycles. The SMILES string of the molecule is C/C(=N/Nc1ccc(Cl)c(C(=O)[O-])c1)c1ccccn1. The van der Waals surface area contributed by atoms with Crippen molar-refractivity contribution in [2.45, 2.75) is 6.92 Å². The second-order valence-corrected chi connectivity index (χ2v) is 4.41. The maximum Gasteiger partial charge on any atom is 0.0859 e. The lowest BCUT2D eigenvalue weighted by Gasteiger charge is -2.08. The van der Waals surface area contributed by atoms with Crippen LogP contribution in [-0.4, -0.2) is 16.7 Å². The molecule has 0 fully saturated rings. The van der Waals surface area contributed by atoms with Gasteiger partial charge in [-0.15, -0.1) is 0 Å². The molecule has 0 aliphatic carbocycles. The second kappa shape index (κ2) is 6.16. The number of hydrogen-bond acceptors (Lipinski definition) is 5. The number of carboxylic acid groups (broad SMARTS) is 1. The molecule has 0 saturated heterocycles. The smallest absolute Gasteiger partial charge is 0.0859 e. The lowest BCUT2D eigenvalue weighted by molar-refractivity contribution is -0.255. The molecule has 0 spiro atoms. The molecule has 1 heterocycles. The fourth-order valence-electron chi connectivity index (χ4n) is 1.53. The van der Waals surface area contributed by atoms with Crippen molar-refractivity contribution in [3.63, 3.8) is 0 Å². The van der Waals surface area contributed by atoms with E-state index in [1.807, 2.05) is 18.2 Å². The molecule has 102 valence electrons. The van der Waals surface area contributed by atoms with E-state index in [4.69, 9.17) is 11.6 Å². The van der Waals surface area contributed by atoms with E-state index in [1.54, 1.807) is 19.2 Å². The van der Waals surface area contributed by atoms with E-state index >= 15 is 0 Å². The molecular formula is C14H11ClN3O2-. The number of carbonyl (C=O) groups excluding carboxylic acids is 1. The largest absolute Gasteiger partial charge is 0.545 e. The number of rotatable bonds is 4. The summed E-state index contributed by atoms with van der Waals surface area (Å²) in [7, 11) is 0. The first-order chi connectivity index (χ1) is 9.58. The first-order valence-corrected chi connectivity index (χ1v) is 6.18. The van der Waals surface area contributed by atoms with Crippen LogP contribution >= 0.6 is 11.6 Å². The monoisotopic (exact) mass is 288 g/mol. The Bertz CT molecular complexity index is 657. The van der Waals surface area contributed by atoms with Crippen LogP contribution in [0.1, 0.15) is 23.0 Å². The van der Waals surface area contributed by atoms with Crippen molar-refractivity contribution in [1.82, 2.24) is 4.98 Å². The van der Waals surface area contributed by atoms with Gasteiger partial charge >= 0.3 is 0 Å². The van der Waals surface area contributed by atoms with Gasteiger partial charge in [0, 0.05) is 16.8 Å². The highest BCUT2D eigenvalue weighted by Gasteiger charge is 2.03. The molecule has 2 rings (SSSR count). The fourth-order valence-corrected chi connectivity index (χ4v) is 1.73. The summed E-state index contributed by atoms with van der Waals surface area (Å²) in [5.74, 6) is -1.33. The number of halogens is 1. The van der Waals surface area contributed by atoms with Crippen LogP contribution < -0.4 is 10.5 Å². The number of nitrogens with one attached hydrogen (secondary N) is 1. The number of nitrogens with zero attached hydrogens (tertiary/aromatic N) is 2. The Kier molecular flexibility index (Phi) is 4.32. The molecule has 1 aromatic carbocycles. The summed E-state index contributed by atoms with van der Waals surface area (Å²) in [5, 5.41) is 15.1. The Labute approximate surface area is 120 Å². The third-order valence-corrected chi connectivity index (χ3v) is 2.90. The van der Waals surface area contributed by atoms with Gasteiger partial charge in [-0.1, -0.05) is 17.7 Å². The summed E-state index contributed by atoms with van der Waals surface area (Å²) < 4.78 is 0. The molecule has 1 aromatic heterocycles. The maximum atomic E-state index is 10.9. The Hall–Kier alpha value is -2.40. The zero-order valence-electron chi connectivity index (χ0n) is 10.6. The first-order valence-electron chi connectivity index (χ1n) is 5.80. The third kappa shape index (κ3) is 3.33. The normalized spacial score (nSPS) is 11.2. The van der Waals surface area contributed by atoms with E-state index in [2.05, 4.69) is 15.5 Å². The summed E-state index contributed by atoms with van der Waals surface area (Å²) in [5.41, 5.74) is 4.59. The molecule has 0 aliphatic rings. The molecule has 0 amide bonds. The van der Waals surface area contributed by atoms with Gasteiger partial charge in [-0.2, -0.15) is 5.10 Å². The van der Waals surface area contributed by atoms with E-state index in [0.29, 0.717) is 11.4 Å². The number of hydrazone groups is 1. The molecule has 5 nitrogen and oxygen atoms in total. The predicted molar refractivity (Wildman–Crippen MR) is 75.9 cm³/mol. The minimum absolute atomic E-state index is 0.0812. The molecule has 20 heavy (non-hydrogen) atoms. The molecule has 0 atom stereocenters. The molecule has 0 radical (unpaired) electrons. The Balaban J connectivity index is 2.19. The topological polar surface area (TPSA) is 77.4 Å². The van der Waals surface area contributed by atoms with Gasteiger partial charge in [0.15, 0.2) is 0 Å². The lowest BCUT2D eigenvalue weighted by atomic mass is 10.2. The van der Waals surface area contributed by atoms with Crippen LogP contribution in [0.5, 0.6) is 0 Å². The summed E-state index contributed by atoms with van der Waals surface area (Å²) in [4.78, 5) is 15.0. The van der Waals surface area contributed by atoms with Gasteiger partial charge in [0.05, 0.1) is 23.1 Å². The van der Waals surface area contributed by atoms with Gasteiger partial charge in [-0.05, 0) is 37.3 Å². The average molecular weight is 289 g/mol. The van der Waals surface area contributed by atoms with Crippen molar-refractivity contribution in [2.75, 3.05) is 5.43 Å². The number of aromatic nitrogens is 1. The van der Waals surface area contributed by atoms with Crippen molar-refractivity contribution in [3.05, 3.63) is 58.9 Å². The van der Waals surface area contributed by atoms with Gasteiger partial charge in [-0.25, -0.2) is 0 Å². The standard InChI is InChI=1S/C14H12ClN3O2/c1-9(13-4-2-3-7-16-13)17-18-10-5-6-12(15)11(8-10)14(19)20/h2-8,18H,1H3,(H,19,20)/p-1/b17-9-. The molecule has 0 unspecified atom stereocenters. The van der Waals surface area contributed by atoms with E-state index in [-0.39, 0.29) is 10.6 Å². The molecule has 0 saturated carbocycles. The van der Waals surface area contributed by atoms with Crippen LogP contribution in [0, 0.1) is 0 Å². The third-order valence-electron chi connectivity index (χ3n) is 2.57. The Morgan fingerprint density at radius 3 is 2.80 bits per heavy atom. The van der Waals surface area contributed by atoms with Crippen LogP contribution in [-0.2, 0) is 0 Å². The van der Waals surface area contributed by atoms with Gasteiger partial charge in [0.25, 0.3) is 0 Å². The summed E-state index contributed by atoms with van der Waals surface area (Å²) >= 11 is 5.76.